The second-order valence-electron chi connectivity index (χ2n) is 7.95. The van der Waals surface area contributed by atoms with Crippen molar-refractivity contribution in [3.05, 3.63) is 58.7 Å². The predicted molar refractivity (Wildman–Crippen MR) is 121 cm³/mol. The average molecular weight is 416 g/mol. The lowest BCUT2D eigenvalue weighted by Gasteiger charge is -2.28. The molecule has 1 aliphatic heterocycles. The summed E-state index contributed by atoms with van der Waals surface area (Å²) in [4.78, 5) is 2.53. The molecule has 0 amide bonds. The summed E-state index contributed by atoms with van der Waals surface area (Å²) in [6.45, 7) is 13.4. The highest BCUT2D eigenvalue weighted by Gasteiger charge is 2.26. The average Bonchev–Trinajstić information content (AvgIpc) is 3.22. The van der Waals surface area contributed by atoms with E-state index in [1.807, 2.05) is 12.1 Å². The number of benzene rings is 2. The second kappa shape index (κ2) is 10.4. The largest absolute Gasteiger partial charge is 0.463 e. The fourth-order valence-electron chi connectivity index (χ4n) is 3.84. The van der Waals surface area contributed by atoms with Gasteiger partial charge in [-0.2, -0.15) is 0 Å². The topological polar surface area (TPSA) is 30.9 Å². The molecule has 4 nitrogen and oxygen atoms in total. The molecule has 0 radical (unpaired) electrons. The lowest BCUT2D eigenvalue weighted by molar-refractivity contribution is 0.146. The maximum atomic E-state index is 6.35. The highest BCUT2D eigenvalue weighted by molar-refractivity contribution is 7.42. The van der Waals surface area contributed by atoms with Crippen LogP contribution in [0.1, 0.15) is 48.4 Å². The van der Waals surface area contributed by atoms with Crippen molar-refractivity contribution in [2.45, 2.75) is 59.9 Å². The van der Waals surface area contributed by atoms with Crippen molar-refractivity contribution >= 4 is 8.60 Å². The molecule has 0 saturated carbocycles. The van der Waals surface area contributed by atoms with E-state index in [-0.39, 0.29) is 0 Å². The molecular formula is C24H34NO3P. The highest BCUT2D eigenvalue weighted by atomic mass is 31.2. The van der Waals surface area contributed by atoms with Gasteiger partial charge in [0.05, 0.1) is 6.61 Å². The van der Waals surface area contributed by atoms with Crippen LogP contribution in [0.5, 0.6) is 11.5 Å². The van der Waals surface area contributed by atoms with Gasteiger partial charge >= 0.3 is 8.60 Å². The zero-order valence-electron chi connectivity index (χ0n) is 18.4. The summed E-state index contributed by atoms with van der Waals surface area (Å²) < 4.78 is 19.0. The molecule has 0 unspecified atom stereocenters. The Morgan fingerprint density at radius 2 is 1.28 bits per heavy atom. The standard InChI is InChI=1S/C24H34NO3P/c1-6-22(25-15-7-8-16-25)17-26-29(27-23-18(2)11-9-12-19(23)3)28-24-20(4)13-10-14-21(24)5/h9-14,22H,6-8,15-17H2,1-5H3/t22-/m1/s1. The van der Waals surface area contributed by atoms with Crippen LogP contribution in [-0.4, -0.2) is 30.6 Å². The number of hydrogen-bond acceptors (Lipinski definition) is 4. The molecule has 1 saturated heterocycles. The summed E-state index contributed by atoms with van der Waals surface area (Å²) in [7, 11) is -1.56. The van der Waals surface area contributed by atoms with E-state index in [1.54, 1.807) is 0 Å². The summed E-state index contributed by atoms with van der Waals surface area (Å²) >= 11 is 0. The Balaban J connectivity index is 1.78. The van der Waals surface area contributed by atoms with Crippen LogP contribution in [0, 0.1) is 27.7 Å². The molecule has 1 heterocycles. The summed E-state index contributed by atoms with van der Waals surface area (Å²) in [5.74, 6) is 1.72. The van der Waals surface area contributed by atoms with Gasteiger partial charge < -0.3 is 9.05 Å². The van der Waals surface area contributed by atoms with Crippen molar-refractivity contribution in [2.75, 3.05) is 19.7 Å². The predicted octanol–water partition coefficient (Wildman–Crippen LogP) is 6.50. The van der Waals surface area contributed by atoms with Gasteiger partial charge in [-0.1, -0.05) is 43.3 Å². The maximum Gasteiger partial charge on any atom is 0.463 e. The number of likely N-dealkylation sites (tertiary alicyclic amines) is 1. The zero-order valence-corrected chi connectivity index (χ0v) is 19.3. The minimum atomic E-state index is -1.56. The minimum absolute atomic E-state index is 0.408. The molecule has 29 heavy (non-hydrogen) atoms. The van der Waals surface area contributed by atoms with Gasteiger partial charge in [0.15, 0.2) is 0 Å². The van der Waals surface area contributed by atoms with Crippen molar-refractivity contribution < 1.29 is 13.6 Å². The molecule has 158 valence electrons. The zero-order chi connectivity index (χ0) is 20.8. The van der Waals surface area contributed by atoms with Gasteiger partial charge in [0.2, 0.25) is 0 Å². The van der Waals surface area contributed by atoms with E-state index < -0.39 is 8.60 Å². The van der Waals surface area contributed by atoms with E-state index in [9.17, 15) is 0 Å². The van der Waals surface area contributed by atoms with E-state index >= 15 is 0 Å². The third-order valence-electron chi connectivity index (χ3n) is 5.65. The number of rotatable bonds is 9. The number of aryl methyl sites for hydroxylation is 4. The molecule has 0 N–H and O–H groups in total. The third-order valence-corrected chi connectivity index (χ3v) is 6.67. The smallest absolute Gasteiger partial charge is 0.417 e. The molecule has 2 aromatic rings. The van der Waals surface area contributed by atoms with E-state index in [0.717, 1.165) is 53.3 Å². The van der Waals surface area contributed by atoms with E-state index in [0.29, 0.717) is 12.6 Å². The molecule has 0 bridgehead atoms. The first kappa shape index (κ1) is 22.1. The van der Waals surface area contributed by atoms with Crippen LogP contribution >= 0.6 is 8.60 Å². The summed E-state index contributed by atoms with van der Waals surface area (Å²) in [6, 6.07) is 12.8. The van der Waals surface area contributed by atoms with E-state index in [1.165, 1.54) is 12.8 Å². The first-order valence-corrected chi connectivity index (χ1v) is 11.7. The fourth-order valence-corrected chi connectivity index (χ4v) is 5.15. The Labute approximate surface area is 177 Å². The molecule has 0 spiro atoms. The Hall–Kier alpha value is -1.61. The normalized spacial score (nSPS) is 15.7. The van der Waals surface area contributed by atoms with Gasteiger partial charge in [-0.3, -0.25) is 9.42 Å². The second-order valence-corrected chi connectivity index (χ2v) is 9.02. The van der Waals surface area contributed by atoms with Gasteiger partial charge in [-0.05, 0) is 82.3 Å². The van der Waals surface area contributed by atoms with Crippen molar-refractivity contribution in [3.63, 3.8) is 0 Å². The Bertz CT molecular complexity index is 711. The monoisotopic (exact) mass is 415 g/mol. The number of hydrogen-bond donors (Lipinski definition) is 0. The fraction of sp³-hybridized carbons (Fsp3) is 0.500. The number of nitrogens with zero attached hydrogens (tertiary/aromatic N) is 1. The Morgan fingerprint density at radius 1 is 0.828 bits per heavy atom. The van der Waals surface area contributed by atoms with Crippen LogP contribution in [0.2, 0.25) is 0 Å². The van der Waals surface area contributed by atoms with Crippen molar-refractivity contribution in [1.29, 1.82) is 0 Å². The summed E-state index contributed by atoms with van der Waals surface area (Å²) in [6.07, 6.45) is 3.63. The van der Waals surface area contributed by atoms with E-state index in [4.69, 9.17) is 13.6 Å². The van der Waals surface area contributed by atoms with Gasteiger partial charge in [0.1, 0.15) is 11.5 Å². The highest BCUT2D eigenvalue weighted by Crippen LogP contribution is 2.45. The first-order chi connectivity index (χ1) is 14.0. The van der Waals surface area contributed by atoms with Crippen LogP contribution in [0.3, 0.4) is 0 Å². The molecule has 5 heteroatoms. The summed E-state index contributed by atoms with van der Waals surface area (Å²) in [5, 5.41) is 0. The van der Waals surface area contributed by atoms with Gasteiger partial charge in [0.25, 0.3) is 0 Å². The quantitative estimate of drug-likeness (QED) is 0.438. The Kier molecular flexibility index (Phi) is 7.94. The molecule has 0 aromatic heterocycles. The third kappa shape index (κ3) is 5.72. The SMILES string of the molecule is CC[C@H](COP(Oc1c(C)cccc1C)Oc1c(C)cccc1C)N1CCCC1. The minimum Gasteiger partial charge on any atom is -0.417 e. The van der Waals surface area contributed by atoms with Crippen molar-refractivity contribution in [2.24, 2.45) is 0 Å². The molecule has 3 rings (SSSR count). The first-order valence-electron chi connectivity index (χ1n) is 10.6. The van der Waals surface area contributed by atoms with E-state index in [2.05, 4.69) is 63.8 Å². The molecular weight excluding hydrogens is 381 g/mol. The van der Waals surface area contributed by atoms with Crippen molar-refractivity contribution in [3.8, 4) is 11.5 Å². The molecule has 1 atom stereocenters. The van der Waals surface area contributed by atoms with Crippen LogP contribution in [0.25, 0.3) is 0 Å². The Morgan fingerprint density at radius 3 is 1.69 bits per heavy atom. The van der Waals surface area contributed by atoms with Gasteiger partial charge in [-0.25, -0.2) is 0 Å². The molecule has 2 aromatic carbocycles. The van der Waals surface area contributed by atoms with Crippen LogP contribution in [0.4, 0.5) is 0 Å². The molecule has 0 aliphatic carbocycles. The van der Waals surface area contributed by atoms with Crippen LogP contribution < -0.4 is 9.05 Å². The van der Waals surface area contributed by atoms with Gasteiger partial charge in [-0.15, -0.1) is 0 Å². The lowest BCUT2D eigenvalue weighted by atomic mass is 10.1. The molecule has 1 aliphatic rings. The number of para-hydroxylation sites is 2. The molecule has 1 fully saturated rings. The summed E-state index contributed by atoms with van der Waals surface area (Å²) in [5.41, 5.74) is 4.38. The van der Waals surface area contributed by atoms with Gasteiger partial charge in [0, 0.05) is 6.04 Å². The van der Waals surface area contributed by atoms with Crippen LogP contribution in [0.15, 0.2) is 36.4 Å². The van der Waals surface area contributed by atoms with Crippen molar-refractivity contribution in [1.82, 2.24) is 4.90 Å². The van der Waals surface area contributed by atoms with Crippen LogP contribution in [-0.2, 0) is 4.52 Å². The maximum absolute atomic E-state index is 6.35. The lowest BCUT2D eigenvalue weighted by Crippen LogP contribution is -2.35.